The molecule has 0 spiro atoms. The van der Waals surface area contributed by atoms with Crippen LogP contribution in [0.4, 0.5) is 4.79 Å². The molecule has 138 valence electrons. The first-order valence-corrected chi connectivity index (χ1v) is 8.63. The van der Waals surface area contributed by atoms with Gasteiger partial charge in [0, 0.05) is 0 Å². The third-order valence-electron chi connectivity index (χ3n) is 4.46. The Labute approximate surface area is 153 Å². The van der Waals surface area contributed by atoms with Gasteiger partial charge in [-0.05, 0) is 54.8 Å². The fraction of sp³-hybridized carbons (Fsp3) is 0.350. The molecule has 3 rings (SSSR count). The Morgan fingerprint density at radius 3 is 2.00 bits per heavy atom. The van der Waals surface area contributed by atoms with Crippen LogP contribution in [0, 0.1) is 0 Å². The zero-order valence-corrected chi connectivity index (χ0v) is 15.1. The molecule has 0 radical (unpaired) electrons. The van der Waals surface area contributed by atoms with E-state index in [0.717, 1.165) is 35.7 Å². The Morgan fingerprint density at radius 2 is 1.46 bits per heavy atom. The average Bonchev–Trinajstić information content (AvgIpc) is 3.46. The summed E-state index contributed by atoms with van der Waals surface area (Å²) in [7, 11) is 3.26. The van der Waals surface area contributed by atoms with Gasteiger partial charge in [-0.2, -0.15) is 0 Å². The van der Waals surface area contributed by atoms with Gasteiger partial charge in [-0.3, -0.25) is 0 Å². The Hall–Kier alpha value is -2.89. The van der Waals surface area contributed by atoms with Gasteiger partial charge in [0.15, 0.2) is 0 Å². The fourth-order valence-electron chi connectivity index (χ4n) is 2.79. The monoisotopic (exact) mass is 356 g/mol. The topological polar surface area (TPSA) is 68.8 Å². The molecule has 0 saturated heterocycles. The van der Waals surface area contributed by atoms with Crippen molar-refractivity contribution in [1.82, 2.24) is 10.6 Å². The second-order valence-electron chi connectivity index (χ2n) is 6.22. The number of amides is 2. The molecule has 0 bridgehead atoms. The summed E-state index contributed by atoms with van der Waals surface area (Å²) in [6.45, 7) is 0.825. The molecule has 1 fully saturated rings. The summed E-state index contributed by atoms with van der Waals surface area (Å²) in [5.41, 5.74) is 0.843. The molecule has 2 amide bonds. The van der Waals surface area contributed by atoms with Crippen LogP contribution in [0.25, 0.3) is 0 Å². The van der Waals surface area contributed by atoms with Crippen LogP contribution >= 0.6 is 0 Å². The van der Waals surface area contributed by atoms with E-state index >= 15 is 0 Å². The summed E-state index contributed by atoms with van der Waals surface area (Å²) in [6, 6.07) is 15.0. The molecule has 0 aromatic heterocycles. The molecule has 2 aromatic rings. The maximum atomic E-state index is 12.2. The number of methoxy groups -OCH3 is 2. The molecule has 0 heterocycles. The second-order valence-corrected chi connectivity index (χ2v) is 6.22. The number of rotatable bonds is 8. The van der Waals surface area contributed by atoms with Crippen molar-refractivity contribution in [2.24, 2.45) is 0 Å². The number of carbonyl (C=O) groups is 1. The molecule has 0 atom stereocenters. The first-order valence-electron chi connectivity index (χ1n) is 8.63. The van der Waals surface area contributed by atoms with Crippen molar-refractivity contribution in [1.29, 1.82) is 0 Å². The Balaban J connectivity index is 1.42. The molecule has 2 N–H and O–H groups in total. The van der Waals surface area contributed by atoms with E-state index in [1.807, 2.05) is 48.5 Å². The molecule has 6 nitrogen and oxygen atoms in total. The zero-order valence-electron chi connectivity index (χ0n) is 15.1. The highest BCUT2D eigenvalue weighted by molar-refractivity contribution is 5.75. The standard InChI is InChI=1S/C20H24N2O4/c1-24-16-5-3-15(4-6-16)20(11-12-20)22-19(23)21-13-14-26-18-9-7-17(25-2)8-10-18/h3-10H,11-14H2,1-2H3,(H2,21,22,23). The molecule has 6 heteroatoms. The smallest absolute Gasteiger partial charge is 0.315 e. The minimum Gasteiger partial charge on any atom is -0.497 e. The molecule has 1 aliphatic carbocycles. The number of ether oxygens (including phenoxy) is 3. The summed E-state index contributed by atoms with van der Waals surface area (Å²) in [5.74, 6) is 2.33. The first-order chi connectivity index (χ1) is 12.6. The van der Waals surface area contributed by atoms with E-state index in [1.54, 1.807) is 14.2 Å². The second kappa shape index (κ2) is 7.99. The van der Waals surface area contributed by atoms with E-state index in [2.05, 4.69) is 10.6 Å². The van der Waals surface area contributed by atoms with Crippen molar-refractivity contribution in [2.45, 2.75) is 18.4 Å². The molecular formula is C20H24N2O4. The maximum Gasteiger partial charge on any atom is 0.315 e. The van der Waals surface area contributed by atoms with E-state index in [0.29, 0.717) is 13.2 Å². The Morgan fingerprint density at radius 1 is 0.923 bits per heavy atom. The third-order valence-corrected chi connectivity index (χ3v) is 4.46. The largest absolute Gasteiger partial charge is 0.497 e. The highest BCUT2D eigenvalue weighted by Crippen LogP contribution is 2.45. The van der Waals surface area contributed by atoms with Gasteiger partial charge in [0.2, 0.25) is 0 Å². The number of hydrogen-bond donors (Lipinski definition) is 2. The van der Waals surface area contributed by atoms with Gasteiger partial charge in [-0.15, -0.1) is 0 Å². The van der Waals surface area contributed by atoms with Crippen LogP contribution < -0.4 is 24.8 Å². The fourth-order valence-corrected chi connectivity index (χ4v) is 2.79. The summed E-state index contributed by atoms with van der Waals surface area (Å²) >= 11 is 0. The van der Waals surface area contributed by atoms with Gasteiger partial charge in [-0.1, -0.05) is 12.1 Å². The van der Waals surface area contributed by atoms with Gasteiger partial charge in [0.05, 0.1) is 26.3 Å². The van der Waals surface area contributed by atoms with E-state index < -0.39 is 0 Å². The van der Waals surface area contributed by atoms with Crippen molar-refractivity contribution >= 4 is 6.03 Å². The van der Waals surface area contributed by atoms with Gasteiger partial charge in [-0.25, -0.2) is 4.79 Å². The third kappa shape index (κ3) is 4.39. The summed E-state index contributed by atoms with van der Waals surface area (Å²) < 4.78 is 15.9. The van der Waals surface area contributed by atoms with Crippen LogP contribution in [0.2, 0.25) is 0 Å². The lowest BCUT2D eigenvalue weighted by molar-refractivity contribution is 0.231. The van der Waals surface area contributed by atoms with Gasteiger partial charge < -0.3 is 24.8 Å². The lowest BCUT2D eigenvalue weighted by atomic mass is 10.1. The van der Waals surface area contributed by atoms with Gasteiger partial charge in [0.25, 0.3) is 0 Å². The van der Waals surface area contributed by atoms with Crippen LogP contribution in [0.15, 0.2) is 48.5 Å². The van der Waals surface area contributed by atoms with Crippen LogP contribution in [0.3, 0.4) is 0 Å². The number of benzene rings is 2. The molecule has 1 saturated carbocycles. The van der Waals surface area contributed by atoms with Gasteiger partial charge >= 0.3 is 6.03 Å². The van der Waals surface area contributed by atoms with E-state index in [9.17, 15) is 4.79 Å². The normalized spacial score (nSPS) is 14.2. The summed E-state index contributed by atoms with van der Waals surface area (Å²) in [6.07, 6.45) is 1.88. The van der Waals surface area contributed by atoms with Crippen molar-refractivity contribution in [3.8, 4) is 17.2 Å². The van der Waals surface area contributed by atoms with E-state index in [4.69, 9.17) is 14.2 Å². The molecule has 2 aromatic carbocycles. The lowest BCUT2D eigenvalue weighted by Crippen LogP contribution is -2.43. The predicted molar refractivity (Wildman–Crippen MR) is 98.9 cm³/mol. The van der Waals surface area contributed by atoms with Crippen molar-refractivity contribution in [2.75, 3.05) is 27.4 Å². The average molecular weight is 356 g/mol. The SMILES string of the molecule is COc1ccc(OCCNC(=O)NC2(c3ccc(OC)cc3)CC2)cc1. The van der Waals surface area contributed by atoms with Gasteiger partial charge in [0.1, 0.15) is 23.9 Å². The first kappa shape index (κ1) is 17.9. The zero-order chi connectivity index (χ0) is 18.4. The number of hydrogen-bond acceptors (Lipinski definition) is 4. The van der Waals surface area contributed by atoms with E-state index in [1.165, 1.54) is 0 Å². The van der Waals surface area contributed by atoms with Crippen LogP contribution in [0.1, 0.15) is 18.4 Å². The molecular weight excluding hydrogens is 332 g/mol. The molecule has 0 aliphatic heterocycles. The van der Waals surface area contributed by atoms with Crippen LogP contribution in [-0.2, 0) is 5.54 Å². The highest BCUT2D eigenvalue weighted by atomic mass is 16.5. The van der Waals surface area contributed by atoms with E-state index in [-0.39, 0.29) is 11.6 Å². The Bertz CT molecular complexity index is 724. The molecule has 0 unspecified atom stereocenters. The minimum absolute atomic E-state index is 0.184. The molecule has 26 heavy (non-hydrogen) atoms. The molecule has 1 aliphatic rings. The number of urea groups is 1. The van der Waals surface area contributed by atoms with Crippen LogP contribution in [-0.4, -0.2) is 33.4 Å². The van der Waals surface area contributed by atoms with Crippen molar-refractivity contribution in [3.05, 3.63) is 54.1 Å². The predicted octanol–water partition coefficient (Wildman–Crippen LogP) is 3.07. The van der Waals surface area contributed by atoms with Crippen LogP contribution in [0.5, 0.6) is 17.2 Å². The minimum atomic E-state index is -0.257. The quantitative estimate of drug-likeness (QED) is 0.713. The highest BCUT2D eigenvalue weighted by Gasteiger charge is 2.45. The Kier molecular flexibility index (Phi) is 5.51. The number of carbonyl (C=O) groups excluding carboxylic acids is 1. The summed E-state index contributed by atoms with van der Waals surface area (Å²) in [5, 5.41) is 5.91. The lowest BCUT2D eigenvalue weighted by Gasteiger charge is -2.19. The number of nitrogens with one attached hydrogen (secondary N) is 2. The van der Waals surface area contributed by atoms with Crippen molar-refractivity contribution in [3.63, 3.8) is 0 Å². The van der Waals surface area contributed by atoms with Crippen molar-refractivity contribution < 1.29 is 19.0 Å². The summed E-state index contributed by atoms with van der Waals surface area (Å²) in [4.78, 5) is 12.2. The maximum absolute atomic E-state index is 12.2.